The minimum Gasteiger partial charge on any atom is -0.490 e. The van der Waals surface area contributed by atoms with Crippen LogP contribution in [0.2, 0.25) is 0 Å². The zero-order chi connectivity index (χ0) is 26.2. The van der Waals surface area contributed by atoms with Crippen molar-refractivity contribution >= 4 is 17.3 Å². The largest absolute Gasteiger partial charge is 0.490 e. The Hall–Kier alpha value is -0.110. The second-order valence-corrected chi connectivity index (χ2v) is 12.0. The summed E-state index contributed by atoms with van der Waals surface area (Å²) in [5.74, 6) is 0. The third-order valence-electron chi connectivity index (χ3n) is 7.96. The maximum Gasteiger partial charge on any atom is 0.159 e. The summed E-state index contributed by atoms with van der Waals surface area (Å²) in [6, 6.07) is 0. The quantitative estimate of drug-likeness (QED) is 0.0658. The molecule has 0 aromatic rings. The number of unbranched alkanes of at least 4 members (excludes halogenated alkanes) is 29. The maximum atomic E-state index is 5.08. The molecule has 0 fully saturated rings. The van der Waals surface area contributed by atoms with Crippen molar-refractivity contribution in [3.8, 4) is 0 Å². The number of methoxy groups -OCH3 is 1. The van der Waals surface area contributed by atoms with Gasteiger partial charge in [-0.2, -0.15) is 0 Å². The molecule has 0 bridgehead atoms. The highest BCUT2D eigenvalue weighted by molar-refractivity contribution is 7.80. The first-order valence-electron chi connectivity index (χ1n) is 16.9. The van der Waals surface area contributed by atoms with Gasteiger partial charge < -0.3 is 4.74 Å². The lowest BCUT2D eigenvalue weighted by molar-refractivity contribution is 0.399. The van der Waals surface area contributed by atoms with Crippen LogP contribution in [0.5, 0.6) is 0 Å². The molecule has 0 rings (SSSR count). The standard InChI is InChI=1S/C34H68OS/c1-3-4-5-6-7-8-9-10-11-12-13-14-15-16-17-18-19-20-21-22-23-24-25-26-27-28-29-30-31-32-33-34(36)35-2/h3-33H2,1-2H3. The van der Waals surface area contributed by atoms with Crippen molar-refractivity contribution in [2.75, 3.05) is 7.11 Å². The van der Waals surface area contributed by atoms with Crippen LogP contribution in [-0.4, -0.2) is 12.2 Å². The van der Waals surface area contributed by atoms with Crippen LogP contribution in [0.3, 0.4) is 0 Å². The van der Waals surface area contributed by atoms with Gasteiger partial charge in [-0.05, 0) is 18.6 Å². The highest BCUT2D eigenvalue weighted by Crippen LogP contribution is 2.16. The van der Waals surface area contributed by atoms with Crippen LogP contribution in [-0.2, 0) is 4.74 Å². The topological polar surface area (TPSA) is 9.23 Å². The summed E-state index contributed by atoms with van der Waals surface area (Å²) >= 11 is 5.08. The van der Waals surface area contributed by atoms with Gasteiger partial charge in [-0.3, -0.25) is 0 Å². The Morgan fingerprint density at radius 2 is 0.556 bits per heavy atom. The predicted octanol–water partition coefficient (Wildman–Crippen LogP) is 13.1. The van der Waals surface area contributed by atoms with E-state index < -0.39 is 0 Å². The fraction of sp³-hybridized carbons (Fsp3) is 0.971. The molecule has 0 unspecified atom stereocenters. The second kappa shape index (κ2) is 32.9. The highest BCUT2D eigenvalue weighted by atomic mass is 32.1. The first kappa shape index (κ1) is 35.9. The molecule has 0 saturated carbocycles. The van der Waals surface area contributed by atoms with E-state index in [2.05, 4.69) is 6.92 Å². The number of rotatable bonds is 31. The van der Waals surface area contributed by atoms with Gasteiger partial charge in [0.25, 0.3) is 0 Å². The van der Waals surface area contributed by atoms with Crippen molar-refractivity contribution in [3.05, 3.63) is 0 Å². The van der Waals surface area contributed by atoms with E-state index in [-0.39, 0.29) is 0 Å². The van der Waals surface area contributed by atoms with Crippen LogP contribution in [0, 0.1) is 0 Å². The minimum atomic E-state index is 0.773. The molecule has 36 heavy (non-hydrogen) atoms. The molecule has 216 valence electrons. The van der Waals surface area contributed by atoms with E-state index in [0.717, 1.165) is 11.5 Å². The van der Waals surface area contributed by atoms with Gasteiger partial charge in [0.1, 0.15) is 0 Å². The molecule has 0 heterocycles. The Labute approximate surface area is 234 Å². The lowest BCUT2D eigenvalue weighted by atomic mass is 10.0. The van der Waals surface area contributed by atoms with Crippen molar-refractivity contribution in [3.63, 3.8) is 0 Å². The second-order valence-electron chi connectivity index (χ2n) is 11.6. The summed E-state index contributed by atoms with van der Waals surface area (Å²) in [5, 5.41) is 0.773. The van der Waals surface area contributed by atoms with Gasteiger partial charge in [-0.15, -0.1) is 0 Å². The van der Waals surface area contributed by atoms with Crippen LogP contribution >= 0.6 is 12.2 Å². The molecule has 0 saturated heterocycles. The predicted molar refractivity (Wildman–Crippen MR) is 168 cm³/mol. The average Bonchev–Trinajstić information content (AvgIpc) is 2.89. The number of thiocarbonyl (C=S) groups is 1. The SMILES string of the molecule is CCCCCCCCCCCCCCCCCCCCCCCCCCCCCCCCC(=S)OC. The summed E-state index contributed by atoms with van der Waals surface area (Å²) in [5.41, 5.74) is 0. The molecule has 0 atom stereocenters. The highest BCUT2D eigenvalue weighted by Gasteiger charge is 1.98. The van der Waals surface area contributed by atoms with Crippen LogP contribution < -0.4 is 0 Å². The van der Waals surface area contributed by atoms with E-state index in [0.29, 0.717) is 0 Å². The van der Waals surface area contributed by atoms with Gasteiger partial charge in [-0.25, -0.2) is 0 Å². The molecule has 0 aromatic heterocycles. The summed E-state index contributed by atoms with van der Waals surface area (Å²) in [6.45, 7) is 2.30. The molecule has 0 aliphatic carbocycles. The van der Waals surface area contributed by atoms with Crippen molar-refractivity contribution in [1.29, 1.82) is 0 Å². The fourth-order valence-electron chi connectivity index (χ4n) is 5.39. The zero-order valence-corrected chi connectivity index (χ0v) is 26.1. The molecular formula is C34H68OS. The van der Waals surface area contributed by atoms with Gasteiger partial charge in [-0.1, -0.05) is 193 Å². The van der Waals surface area contributed by atoms with Crippen LogP contribution in [0.15, 0.2) is 0 Å². The Morgan fingerprint density at radius 3 is 0.750 bits per heavy atom. The number of hydrogen-bond acceptors (Lipinski definition) is 2. The Bertz CT molecular complexity index is 408. The Balaban J connectivity index is 3.03. The molecule has 0 aliphatic heterocycles. The third kappa shape index (κ3) is 31.9. The summed E-state index contributed by atoms with van der Waals surface area (Å²) in [4.78, 5) is 0. The summed E-state index contributed by atoms with van der Waals surface area (Å²) in [6.07, 6.45) is 44.4. The van der Waals surface area contributed by atoms with E-state index in [4.69, 9.17) is 17.0 Å². The molecule has 0 N–H and O–H groups in total. The molecule has 1 nitrogen and oxygen atoms in total. The third-order valence-corrected chi connectivity index (χ3v) is 8.33. The molecule has 0 radical (unpaired) electrons. The number of ether oxygens (including phenoxy) is 1. The van der Waals surface area contributed by atoms with E-state index in [9.17, 15) is 0 Å². The maximum absolute atomic E-state index is 5.08. The minimum absolute atomic E-state index is 0.773. The fourth-order valence-corrected chi connectivity index (χ4v) is 5.54. The van der Waals surface area contributed by atoms with E-state index in [1.54, 1.807) is 7.11 Å². The van der Waals surface area contributed by atoms with Crippen LogP contribution in [0.1, 0.15) is 206 Å². The average molecular weight is 525 g/mol. The van der Waals surface area contributed by atoms with Gasteiger partial charge in [0.15, 0.2) is 5.05 Å². The van der Waals surface area contributed by atoms with E-state index >= 15 is 0 Å². The van der Waals surface area contributed by atoms with Gasteiger partial charge in [0.2, 0.25) is 0 Å². The lowest BCUT2D eigenvalue weighted by Crippen LogP contribution is -1.96. The zero-order valence-electron chi connectivity index (χ0n) is 25.2. The van der Waals surface area contributed by atoms with Gasteiger partial charge in [0, 0.05) is 6.42 Å². The Kier molecular flexibility index (Phi) is 32.8. The first-order valence-corrected chi connectivity index (χ1v) is 17.3. The van der Waals surface area contributed by atoms with Crippen LogP contribution in [0.25, 0.3) is 0 Å². The smallest absolute Gasteiger partial charge is 0.159 e. The molecule has 0 aliphatic rings. The lowest BCUT2D eigenvalue weighted by Gasteiger charge is -2.05. The molecular weight excluding hydrogens is 456 g/mol. The Morgan fingerprint density at radius 1 is 0.361 bits per heavy atom. The first-order chi connectivity index (χ1) is 17.8. The normalized spacial score (nSPS) is 11.3. The van der Waals surface area contributed by atoms with Crippen molar-refractivity contribution < 1.29 is 4.74 Å². The van der Waals surface area contributed by atoms with Crippen LogP contribution in [0.4, 0.5) is 0 Å². The van der Waals surface area contributed by atoms with Crippen molar-refractivity contribution in [2.24, 2.45) is 0 Å². The number of hydrogen-bond donors (Lipinski definition) is 0. The molecule has 0 aromatic carbocycles. The molecule has 2 heteroatoms. The van der Waals surface area contributed by atoms with Gasteiger partial charge >= 0.3 is 0 Å². The van der Waals surface area contributed by atoms with E-state index in [1.807, 2.05) is 0 Å². The monoisotopic (exact) mass is 524 g/mol. The van der Waals surface area contributed by atoms with Gasteiger partial charge in [0.05, 0.1) is 7.11 Å². The van der Waals surface area contributed by atoms with E-state index in [1.165, 1.54) is 193 Å². The molecule has 0 amide bonds. The van der Waals surface area contributed by atoms with Crippen molar-refractivity contribution in [1.82, 2.24) is 0 Å². The summed E-state index contributed by atoms with van der Waals surface area (Å²) < 4.78 is 5.05. The molecule has 0 spiro atoms. The summed E-state index contributed by atoms with van der Waals surface area (Å²) in [7, 11) is 1.69. The van der Waals surface area contributed by atoms with Crippen molar-refractivity contribution in [2.45, 2.75) is 206 Å².